The number of ether oxygens (including phenoxy) is 2. The molecule has 168 valence electrons. The van der Waals surface area contributed by atoms with Crippen LogP contribution in [0.1, 0.15) is 16.7 Å². The Labute approximate surface area is 196 Å². The van der Waals surface area contributed by atoms with Gasteiger partial charge in [0.2, 0.25) is 0 Å². The van der Waals surface area contributed by atoms with Gasteiger partial charge in [0.05, 0.1) is 17.7 Å². The van der Waals surface area contributed by atoms with E-state index in [9.17, 15) is 9.18 Å². The molecular weight excluding hydrogens is 439 g/mol. The number of amides is 1. The van der Waals surface area contributed by atoms with E-state index in [4.69, 9.17) is 9.47 Å². The van der Waals surface area contributed by atoms with Gasteiger partial charge in [0.1, 0.15) is 12.4 Å². The first-order valence-electron chi connectivity index (χ1n) is 10.3. The van der Waals surface area contributed by atoms with Crippen molar-refractivity contribution in [2.75, 3.05) is 14.2 Å². The fourth-order valence-corrected chi connectivity index (χ4v) is 4.15. The second-order valence-corrected chi connectivity index (χ2v) is 8.54. The smallest absolute Gasteiger partial charge is 0.266 e. The van der Waals surface area contributed by atoms with E-state index in [1.54, 1.807) is 37.3 Å². The highest BCUT2D eigenvalue weighted by molar-refractivity contribution is 8.18. The summed E-state index contributed by atoms with van der Waals surface area (Å²) >= 11 is 1.33. The Morgan fingerprint density at radius 3 is 2.45 bits per heavy atom. The van der Waals surface area contributed by atoms with E-state index in [0.717, 1.165) is 22.4 Å². The van der Waals surface area contributed by atoms with Gasteiger partial charge in [0, 0.05) is 7.05 Å². The molecule has 0 N–H and O–H groups in total. The number of likely N-dealkylation sites (N-methyl/N-ethyl adjacent to an activating group) is 1. The van der Waals surface area contributed by atoms with Crippen LogP contribution in [0.15, 0.2) is 76.6 Å². The first-order chi connectivity index (χ1) is 15.9. The molecule has 0 saturated carbocycles. The van der Waals surface area contributed by atoms with E-state index in [1.807, 2.05) is 49.4 Å². The van der Waals surface area contributed by atoms with Crippen LogP contribution in [0, 0.1) is 12.7 Å². The molecule has 1 aliphatic rings. The molecular formula is C26H23FN2O3S. The number of hydrogen-bond acceptors (Lipinski definition) is 5. The number of methoxy groups -OCH3 is 1. The maximum Gasteiger partial charge on any atom is 0.266 e. The van der Waals surface area contributed by atoms with Crippen LogP contribution in [0.4, 0.5) is 10.1 Å². The van der Waals surface area contributed by atoms with Gasteiger partial charge in [-0.25, -0.2) is 9.38 Å². The molecule has 0 radical (unpaired) electrons. The number of nitrogens with zero attached hydrogens (tertiary/aromatic N) is 2. The van der Waals surface area contributed by atoms with E-state index in [2.05, 4.69) is 4.99 Å². The molecule has 0 spiro atoms. The van der Waals surface area contributed by atoms with Crippen LogP contribution in [-0.4, -0.2) is 30.1 Å². The number of aliphatic imine (C=N–C) groups is 1. The predicted octanol–water partition coefficient (Wildman–Crippen LogP) is 5.96. The topological polar surface area (TPSA) is 51.1 Å². The number of thioether (sulfide) groups is 1. The summed E-state index contributed by atoms with van der Waals surface area (Å²) in [6, 6.07) is 19.5. The molecule has 0 atom stereocenters. The predicted molar refractivity (Wildman–Crippen MR) is 130 cm³/mol. The second-order valence-electron chi connectivity index (χ2n) is 7.53. The van der Waals surface area contributed by atoms with Gasteiger partial charge in [-0.1, -0.05) is 35.9 Å². The number of amidine groups is 1. The highest BCUT2D eigenvalue weighted by Gasteiger charge is 2.30. The molecule has 4 rings (SSSR count). The summed E-state index contributed by atoms with van der Waals surface area (Å²) in [5.41, 5.74) is 3.61. The average Bonchev–Trinajstić information content (AvgIpc) is 3.08. The Bertz CT molecular complexity index is 1220. The average molecular weight is 463 g/mol. The Hall–Kier alpha value is -3.58. The van der Waals surface area contributed by atoms with Crippen molar-refractivity contribution in [3.63, 3.8) is 0 Å². The van der Waals surface area contributed by atoms with Crippen molar-refractivity contribution in [2.45, 2.75) is 13.5 Å². The number of rotatable bonds is 6. The zero-order valence-corrected chi connectivity index (χ0v) is 19.4. The molecule has 1 fully saturated rings. The molecule has 5 nitrogen and oxygen atoms in total. The Morgan fingerprint density at radius 1 is 1.03 bits per heavy atom. The van der Waals surface area contributed by atoms with Crippen molar-refractivity contribution in [2.24, 2.45) is 4.99 Å². The van der Waals surface area contributed by atoms with Gasteiger partial charge >= 0.3 is 0 Å². The summed E-state index contributed by atoms with van der Waals surface area (Å²) in [5.74, 6) is 0.712. The molecule has 3 aromatic carbocycles. The maximum absolute atomic E-state index is 13.1. The number of aryl methyl sites for hydroxylation is 1. The first-order valence-corrected chi connectivity index (χ1v) is 11.1. The minimum Gasteiger partial charge on any atom is -0.493 e. The van der Waals surface area contributed by atoms with E-state index >= 15 is 0 Å². The van der Waals surface area contributed by atoms with Crippen LogP contribution in [0.2, 0.25) is 0 Å². The van der Waals surface area contributed by atoms with E-state index in [-0.39, 0.29) is 18.3 Å². The van der Waals surface area contributed by atoms with Crippen molar-refractivity contribution < 1.29 is 18.7 Å². The standard InChI is InChI=1S/C26H23FN2O3S/c1-17-4-11-21(12-5-17)28-26-29(2)25(30)24(33-26)15-19-8-13-22(23(14-19)31-3)32-16-18-6-9-20(27)10-7-18/h4-15H,16H2,1-3H3/b24-15+,28-26?. The van der Waals surface area contributed by atoms with Crippen LogP contribution in [-0.2, 0) is 11.4 Å². The zero-order chi connectivity index (χ0) is 23.4. The molecule has 0 unspecified atom stereocenters. The summed E-state index contributed by atoms with van der Waals surface area (Å²) in [6.07, 6.45) is 1.81. The van der Waals surface area contributed by atoms with Gasteiger partial charge in [-0.2, -0.15) is 0 Å². The molecule has 0 aliphatic carbocycles. The Kier molecular flexibility index (Phi) is 6.79. The molecule has 7 heteroatoms. The highest BCUT2D eigenvalue weighted by Crippen LogP contribution is 2.35. The van der Waals surface area contributed by atoms with Crippen molar-refractivity contribution in [3.8, 4) is 11.5 Å². The molecule has 33 heavy (non-hydrogen) atoms. The molecule has 1 amide bonds. The monoisotopic (exact) mass is 462 g/mol. The summed E-state index contributed by atoms with van der Waals surface area (Å²) in [6.45, 7) is 2.31. The molecule has 1 aliphatic heterocycles. The van der Waals surface area contributed by atoms with Gasteiger partial charge in [-0.15, -0.1) is 0 Å². The minimum absolute atomic E-state index is 0.110. The summed E-state index contributed by atoms with van der Waals surface area (Å²) in [7, 11) is 3.28. The van der Waals surface area contributed by atoms with Crippen LogP contribution < -0.4 is 9.47 Å². The molecule has 3 aromatic rings. The van der Waals surface area contributed by atoms with Gasteiger partial charge in [-0.05, 0) is 72.3 Å². The lowest BCUT2D eigenvalue weighted by atomic mass is 10.2. The molecule has 0 aromatic heterocycles. The zero-order valence-electron chi connectivity index (χ0n) is 18.5. The van der Waals surface area contributed by atoms with Crippen molar-refractivity contribution in [1.29, 1.82) is 0 Å². The number of hydrogen-bond donors (Lipinski definition) is 0. The third kappa shape index (κ3) is 5.43. The largest absolute Gasteiger partial charge is 0.493 e. The lowest BCUT2D eigenvalue weighted by Crippen LogP contribution is -2.23. The summed E-state index contributed by atoms with van der Waals surface area (Å²) < 4.78 is 24.4. The Balaban J connectivity index is 1.51. The number of carbonyl (C=O) groups excluding carboxylic acids is 1. The second kappa shape index (κ2) is 9.92. The number of halogens is 1. The lowest BCUT2D eigenvalue weighted by molar-refractivity contribution is -0.121. The van der Waals surface area contributed by atoms with Crippen LogP contribution in [0.25, 0.3) is 6.08 Å². The van der Waals surface area contributed by atoms with Gasteiger partial charge in [0.25, 0.3) is 5.91 Å². The Morgan fingerprint density at radius 2 is 1.76 bits per heavy atom. The van der Waals surface area contributed by atoms with Gasteiger partial charge in [-0.3, -0.25) is 9.69 Å². The van der Waals surface area contributed by atoms with Crippen LogP contribution in [0.3, 0.4) is 0 Å². The first kappa shape index (κ1) is 22.6. The van der Waals surface area contributed by atoms with Crippen LogP contribution >= 0.6 is 11.8 Å². The third-order valence-electron chi connectivity index (χ3n) is 5.06. The van der Waals surface area contributed by atoms with Crippen molar-refractivity contribution in [3.05, 3.63) is 94.1 Å². The third-order valence-corrected chi connectivity index (χ3v) is 6.12. The van der Waals surface area contributed by atoms with Crippen molar-refractivity contribution >= 4 is 34.6 Å². The quantitative estimate of drug-likeness (QED) is 0.425. The maximum atomic E-state index is 13.1. The van der Waals surface area contributed by atoms with Gasteiger partial charge < -0.3 is 9.47 Å². The highest BCUT2D eigenvalue weighted by atomic mass is 32.2. The lowest BCUT2D eigenvalue weighted by Gasteiger charge is -2.11. The van der Waals surface area contributed by atoms with E-state index in [1.165, 1.54) is 23.9 Å². The SMILES string of the molecule is COc1cc(/C=C2/SC(=Nc3ccc(C)cc3)N(C)C2=O)ccc1OCc1ccc(F)cc1. The molecule has 1 heterocycles. The van der Waals surface area contributed by atoms with Crippen molar-refractivity contribution in [1.82, 2.24) is 4.90 Å². The number of benzene rings is 3. The fraction of sp³-hybridized carbons (Fsp3) is 0.154. The summed E-state index contributed by atoms with van der Waals surface area (Å²) in [5, 5.41) is 0.626. The molecule has 0 bridgehead atoms. The van der Waals surface area contributed by atoms with Gasteiger partial charge in [0.15, 0.2) is 16.7 Å². The van der Waals surface area contributed by atoms with E-state index in [0.29, 0.717) is 21.6 Å². The van der Waals surface area contributed by atoms with E-state index < -0.39 is 0 Å². The summed E-state index contributed by atoms with van der Waals surface area (Å²) in [4.78, 5) is 19.5. The fourth-order valence-electron chi connectivity index (χ4n) is 3.17. The number of carbonyl (C=O) groups is 1. The van der Waals surface area contributed by atoms with Crippen LogP contribution in [0.5, 0.6) is 11.5 Å². The minimum atomic E-state index is -0.286. The molecule has 1 saturated heterocycles. The normalized spacial score (nSPS) is 16.0.